The van der Waals surface area contributed by atoms with Crippen LogP contribution in [0.4, 0.5) is 5.69 Å². The van der Waals surface area contributed by atoms with E-state index in [1.807, 2.05) is 24.5 Å². The molecule has 0 saturated heterocycles. The summed E-state index contributed by atoms with van der Waals surface area (Å²) >= 11 is 7.73. The normalized spacial score (nSPS) is 10.4. The molecule has 0 bridgehead atoms. The third-order valence-corrected chi connectivity index (χ3v) is 3.81. The van der Waals surface area contributed by atoms with Crippen LogP contribution < -0.4 is 10.6 Å². The SMILES string of the molecule is CNC(=O)c1cc(NCc2ccc(CSC)o2)ccc1Cl. The lowest BCUT2D eigenvalue weighted by molar-refractivity contribution is 0.0963. The molecular formula is C15H17ClN2O2S. The van der Waals surface area contributed by atoms with Gasteiger partial charge < -0.3 is 15.1 Å². The highest BCUT2D eigenvalue weighted by molar-refractivity contribution is 7.97. The topological polar surface area (TPSA) is 54.3 Å². The number of carbonyl (C=O) groups is 1. The Bertz CT molecular complexity index is 628. The number of thioether (sulfide) groups is 1. The number of amides is 1. The number of carbonyl (C=O) groups excluding carboxylic acids is 1. The Kier molecular flexibility index (Phi) is 5.59. The first kappa shape index (κ1) is 15.8. The van der Waals surface area contributed by atoms with Gasteiger partial charge in [0.15, 0.2) is 0 Å². The standard InChI is InChI=1S/C15H17ClN2O2S/c1-17-15(19)13-7-10(3-6-14(13)16)18-8-11-4-5-12(20-11)9-21-2/h3-7,18H,8-9H2,1-2H3,(H,17,19). The molecule has 4 nitrogen and oxygen atoms in total. The van der Waals surface area contributed by atoms with E-state index in [9.17, 15) is 4.79 Å². The summed E-state index contributed by atoms with van der Waals surface area (Å²) in [5.74, 6) is 2.47. The number of benzene rings is 1. The average Bonchev–Trinajstić information content (AvgIpc) is 2.94. The van der Waals surface area contributed by atoms with E-state index in [4.69, 9.17) is 16.0 Å². The smallest absolute Gasteiger partial charge is 0.252 e. The zero-order valence-corrected chi connectivity index (χ0v) is 13.5. The van der Waals surface area contributed by atoms with Crippen molar-refractivity contribution < 1.29 is 9.21 Å². The molecule has 0 aliphatic carbocycles. The van der Waals surface area contributed by atoms with Crippen LogP contribution in [0.5, 0.6) is 0 Å². The van der Waals surface area contributed by atoms with Crippen molar-refractivity contribution in [2.75, 3.05) is 18.6 Å². The molecule has 0 aliphatic rings. The highest BCUT2D eigenvalue weighted by atomic mass is 35.5. The second-order valence-corrected chi connectivity index (χ2v) is 5.70. The number of halogens is 1. The molecule has 0 fully saturated rings. The zero-order chi connectivity index (χ0) is 15.2. The predicted molar refractivity (Wildman–Crippen MR) is 88.1 cm³/mol. The number of hydrogen-bond acceptors (Lipinski definition) is 4. The summed E-state index contributed by atoms with van der Waals surface area (Å²) in [5, 5.41) is 6.22. The van der Waals surface area contributed by atoms with Crippen LogP contribution in [-0.4, -0.2) is 19.2 Å². The Hall–Kier alpha value is -1.59. The molecule has 0 saturated carbocycles. The first-order valence-corrected chi connectivity index (χ1v) is 8.23. The minimum atomic E-state index is -0.205. The van der Waals surface area contributed by atoms with Crippen molar-refractivity contribution in [3.63, 3.8) is 0 Å². The quantitative estimate of drug-likeness (QED) is 0.849. The summed E-state index contributed by atoms with van der Waals surface area (Å²) in [7, 11) is 1.58. The molecule has 0 radical (unpaired) electrons. The third kappa shape index (κ3) is 4.19. The second kappa shape index (κ2) is 7.43. The van der Waals surface area contributed by atoms with Crippen LogP contribution in [0.15, 0.2) is 34.7 Å². The van der Waals surface area contributed by atoms with Gasteiger partial charge in [-0.2, -0.15) is 11.8 Å². The highest BCUT2D eigenvalue weighted by Crippen LogP contribution is 2.21. The molecule has 0 atom stereocenters. The van der Waals surface area contributed by atoms with E-state index in [0.29, 0.717) is 17.1 Å². The summed E-state index contributed by atoms with van der Waals surface area (Å²) < 4.78 is 5.68. The molecule has 21 heavy (non-hydrogen) atoms. The Morgan fingerprint density at radius 2 is 2.05 bits per heavy atom. The summed E-state index contributed by atoms with van der Waals surface area (Å²) in [4.78, 5) is 11.7. The van der Waals surface area contributed by atoms with Crippen LogP contribution in [0, 0.1) is 0 Å². The number of furan rings is 1. The van der Waals surface area contributed by atoms with Crippen LogP contribution in [0.1, 0.15) is 21.9 Å². The molecule has 1 amide bonds. The van der Waals surface area contributed by atoms with Crippen molar-refractivity contribution in [1.82, 2.24) is 5.32 Å². The molecule has 1 aromatic carbocycles. The van der Waals surface area contributed by atoms with Gasteiger partial charge in [0.05, 0.1) is 22.9 Å². The van der Waals surface area contributed by atoms with Crippen molar-refractivity contribution in [1.29, 1.82) is 0 Å². The first-order valence-electron chi connectivity index (χ1n) is 6.46. The van der Waals surface area contributed by atoms with Gasteiger partial charge in [-0.15, -0.1) is 0 Å². The van der Waals surface area contributed by atoms with E-state index in [0.717, 1.165) is 23.0 Å². The molecule has 0 unspecified atom stereocenters. The van der Waals surface area contributed by atoms with E-state index in [1.165, 1.54) is 0 Å². The van der Waals surface area contributed by atoms with Gasteiger partial charge in [-0.3, -0.25) is 4.79 Å². The van der Waals surface area contributed by atoms with Gasteiger partial charge in [0.25, 0.3) is 5.91 Å². The largest absolute Gasteiger partial charge is 0.463 e. The maximum atomic E-state index is 11.7. The zero-order valence-electron chi connectivity index (χ0n) is 11.9. The van der Waals surface area contributed by atoms with E-state index in [1.54, 1.807) is 30.9 Å². The molecule has 2 N–H and O–H groups in total. The van der Waals surface area contributed by atoms with Crippen molar-refractivity contribution in [3.8, 4) is 0 Å². The Balaban J connectivity index is 2.04. The lowest BCUT2D eigenvalue weighted by Crippen LogP contribution is -2.18. The fourth-order valence-corrected chi connectivity index (χ4v) is 2.51. The van der Waals surface area contributed by atoms with Crippen LogP contribution in [0.3, 0.4) is 0 Å². The third-order valence-electron chi connectivity index (χ3n) is 2.91. The molecule has 2 aromatic rings. The fourth-order valence-electron chi connectivity index (χ4n) is 1.87. The number of anilines is 1. The van der Waals surface area contributed by atoms with Crippen molar-refractivity contribution in [3.05, 3.63) is 52.4 Å². The Morgan fingerprint density at radius 1 is 1.29 bits per heavy atom. The summed E-state index contributed by atoms with van der Waals surface area (Å²) in [6.07, 6.45) is 2.04. The molecule has 0 aliphatic heterocycles. The average molecular weight is 325 g/mol. The minimum Gasteiger partial charge on any atom is -0.463 e. The monoisotopic (exact) mass is 324 g/mol. The van der Waals surface area contributed by atoms with Gasteiger partial charge in [-0.1, -0.05) is 11.6 Å². The lowest BCUT2D eigenvalue weighted by Gasteiger charge is -2.08. The van der Waals surface area contributed by atoms with Crippen molar-refractivity contribution in [2.24, 2.45) is 0 Å². The van der Waals surface area contributed by atoms with E-state index >= 15 is 0 Å². The molecule has 1 aromatic heterocycles. The van der Waals surface area contributed by atoms with Crippen LogP contribution in [0.2, 0.25) is 5.02 Å². The van der Waals surface area contributed by atoms with Crippen LogP contribution in [0.25, 0.3) is 0 Å². The second-order valence-electron chi connectivity index (χ2n) is 4.43. The van der Waals surface area contributed by atoms with E-state index in [2.05, 4.69) is 10.6 Å². The van der Waals surface area contributed by atoms with E-state index in [-0.39, 0.29) is 5.91 Å². The molecule has 6 heteroatoms. The molecular weight excluding hydrogens is 308 g/mol. The molecule has 1 heterocycles. The maximum absolute atomic E-state index is 11.7. The predicted octanol–water partition coefficient (Wildman–Crippen LogP) is 3.77. The van der Waals surface area contributed by atoms with Crippen LogP contribution in [-0.2, 0) is 12.3 Å². The van der Waals surface area contributed by atoms with E-state index < -0.39 is 0 Å². The number of nitrogens with one attached hydrogen (secondary N) is 2. The van der Waals surface area contributed by atoms with Gasteiger partial charge in [0, 0.05) is 12.7 Å². The van der Waals surface area contributed by atoms with Gasteiger partial charge in [-0.05, 0) is 36.6 Å². The minimum absolute atomic E-state index is 0.205. The van der Waals surface area contributed by atoms with Gasteiger partial charge in [0.2, 0.25) is 0 Å². The Morgan fingerprint density at radius 3 is 2.76 bits per heavy atom. The highest BCUT2D eigenvalue weighted by Gasteiger charge is 2.09. The summed E-state index contributed by atoms with van der Waals surface area (Å²) in [5.41, 5.74) is 1.27. The summed E-state index contributed by atoms with van der Waals surface area (Å²) in [6.45, 7) is 0.559. The van der Waals surface area contributed by atoms with Gasteiger partial charge in [0.1, 0.15) is 11.5 Å². The first-order chi connectivity index (χ1) is 10.1. The molecule has 0 spiro atoms. The number of rotatable bonds is 6. The molecule has 112 valence electrons. The number of hydrogen-bond donors (Lipinski definition) is 2. The van der Waals surface area contributed by atoms with Gasteiger partial charge >= 0.3 is 0 Å². The van der Waals surface area contributed by atoms with Crippen LogP contribution >= 0.6 is 23.4 Å². The Labute approximate surface area is 133 Å². The fraction of sp³-hybridized carbons (Fsp3) is 0.267. The van der Waals surface area contributed by atoms with Crippen molar-refractivity contribution in [2.45, 2.75) is 12.3 Å². The van der Waals surface area contributed by atoms with Gasteiger partial charge in [-0.25, -0.2) is 0 Å². The summed E-state index contributed by atoms with van der Waals surface area (Å²) in [6, 6.07) is 9.20. The lowest BCUT2D eigenvalue weighted by atomic mass is 10.2. The molecule has 2 rings (SSSR count). The van der Waals surface area contributed by atoms with Crippen molar-refractivity contribution >= 4 is 35.0 Å². The maximum Gasteiger partial charge on any atom is 0.252 e.